The number of Topliss-reactive ketones (excluding diaryl/α,β-unsaturated/α-hetero) is 1. The fourth-order valence-electron chi connectivity index (χ4n) is 9.55. The van der Waals surface area contributed by atoms with Crippen molar-refractivity contribution in [1.29, 1.82) is 10.5 Å². The molecule has 0 bridgehead atoms. The van der Waals surface area contributed by atoms with Crippen LogP contribution in [0.25, 0.3) is 22.3 Å². The fraction of sp³-hybridized carbons (Fsp3) is 0.660. The van der Waals surface area contributed by atoms with E-state index in [9.17, 15) is 39.6 Å². The number of anilines is 2. The maximum Gasteiger partial charge on any atom is 0.475 e. The van der Waals surface area contributed by atoms with Crippen molar-refractivity contribution in [2.75, 3.05) is 44.5 Å². The van der Waals surface area contributed by atoms with Crippen LogP contribution in [0.1, 0.15) is 105 Å². The summed E-state index contributed by atoms with van der Waals surface area (Å²) >= 11 is 0. The van der Waals surface area contributed by atoms with Crippen LogP contribution in [-0.4, -0.2) is 164 Å². The van der Waals surface area contributed by atoms with Crippen LogP contribution < -0.4 is 28.3 Å². The number of esters is 1. The fourth-order valence-corrected chi connectivity index (χ4v) is 14.9. The number of aliphatic hydroxyl groups is 1. The average Bonchev–Trinajstić information content (AvgIpc) is 1.62. The van der Waals surface area contributed by atoms with Crippen LogP contribution in [0.4, 0.5) is 11.8 Å². The molecule has 0 aromatic carbocycles. The summed E-state index contributed by atoms with van der Waals surface area (Å²) in [4.78, 5) is 89.9. The molecule has 8 rings (SSSR count). The van der Waals surface area contributed by atoms with Gasteiger partial charge in [0.2, 0.25) is 5.95 Å². The largest absolute Gasteiger partial charge is 0.475 e. The lowest BCUT2D eigenvalue weighted by molar-refractivity contribution is -0.153. The molecule has 0 saturated carbocycles. The van der Waals surface area contributed by atoms with Crippen molar-refractivity contribution in [3.05, 3.63) is 61.9 Å². The number of aliphatic hydroxyl groups excluding tert-OH is 1. The van der Waals surface area contributed by atoms with Gasteiger partial charge in [0.1, 0.15) is 72.7 Å². The molecule has 5 aromatic heterocycles. The van der Waals surface area contributed by atoms with Crippen LogP contribution in [0.2, 0.25) is 36.3 Å². The smallest absolute Gasteiger partial charge is 0.459 e. The summed E-state index contributed by atoms with van der Waals surface area (Å²) in [6.07, 6.45) is -11.7. The Balaban J connectivity index is 1.21. The lowest BCUT2D eigenvalue weighted by Gasteiger charge is -2.41. The van der Waals surface area contributed by atoms with Crippen molar-refractivity contribution >= 4 is 78.1 Å². The Kier molecular flexibility index (Phi) is 21.8. The minimum atomic E-state index is -5.18. The first-order valence-corrected chi connectivity index (χ1v) is 37.8. The van der Waals surface area contributed by atoms with Crippen LogP contribution in [-0.2, 0) is 73.7 Å². The van der Waals surface area contributed by atoms with E-state index in [1.807, 2.05) is 79.9 Å². The third-order valence-corrected chi connectivity index (χ3v) is 28.3. The van der Waals surface area contributed by atoms with E-state index >= 15 is 9.13 Å². The summed E-state index contributed by atoms with van der Waals surface area (Å²) in [5, 5.41) is 29.5. The number of fused-ring (bicyclic) bond motifs is 2. The molecule has 0 amide bonds. The van der Waals surface area contributed by atoms with Crippen molar-refractivity contribution in [1.82, 2.24) is 48.6 Å². The van der Waals surface area contributed by atoms with Crippen molar-refractivity contribution < 1.29 is 78.8 Å². The molecule has 498 valence electrons. The number of nitrogens with zero attached hydrogens (tertiary/aromatic N) is 10. The first-order chi connectivity index (χ1) is 42.6. The van der Waals surface area contributed by atoms with Crippen molar-refractivity contribution in [2.45, 2.75) is 191 Å². The van der Waals surface area contributed by atoms with Crippen molar-refractivity contribution in [2.24, 2.45) is 0 Å². The normalized spacial score (nSPS) is 25.3. The number of nitriles is 2. The van der Waals surface area contributed by atoms with Crippen molar-refractivity contribution in [3.63, 3.8) is 0 Å². The van der Waals surface area contributed by atoms with Gasteiger partial charge in [-0.05, 0) is 50.1 Å². The van der Waals surface area contributed by atoms with Gasteiger partial charge in [-0.3, -0.25) is 65.2 Å². The van der Waals surface area contributed by atoms with Crippen LogP contribution in [0, 0.1) is 29.6 Å². The van der Waals surface area contributed by atoms with Crippen molar-refractivity contribution in [3.8, 4) is 12.1 Å². The van der Waals surface area contributed by atoms with Gasteiger partial charge in [0.15, 0.2) is 51.7 Å². The number of nitrogen functional groups attached to an aromatic ring is 2. The topological polar surface area (TPSA) is 461 Å². The standard InChI is InChI=1S/C53H78N14O20P2Si2/c1-29-22-65(51(73)64-46(29)71)35-21-31(81-36(70)16-15-30(2)69)33(80-35)24-78-88(74,76-19-13-17-54)85-40-34(83-48(42(40)87-91(11,12)53(6,7)8)66-27-60-37-43(56)58-26-59-44(37)66)25-79-89(75,77-20-14-18-55)84-39-32(23-68)82-49(41(39)86-90(9,10)52(3,4)5)67-28-61-38-45(67)62-50(57)63-47(38)72/h22,26-28,31-35,39-42,48-49,68H,13-16,19-21,23-25H2,1-12H3,(H2,56,58,59)(H,64,71,73)(H3,57,62,63,72)/t31?,32-,33-,34-,35-,39-,40-,41-,42-,48-,49-,88?,89?/m1/s1. The third-order valence-electron chi connectivity index (χ3n) is 16.4. The Labute approximate surface area is 523 Å². The zero-order chi connectivity index (χ0) is 66.8. The second-order valence-corrected chi connectivity index (χ2v) is 37.8. The quantitative estimate of drug-likeness (QED) is 0.0190. The second kappa shape index (κ2) is 28.1. The molecular weight excluding hydrogens is 1270 g/mol. The molecule has 91 heavy (non-hydrogen) atoms. The van der Waals surface area contributed by atoms with E-state index in [2.05, 4.69) is 34.9 Å². The molecule has 7 N–H and O–H groups in total. The number of ether oxygens (including phenoxy) is 4. The Hall–Kier alpha value is -6.29. The number of aromatic nitrogens is 10. The number of nitrogens with one attached hydrogen (secondary N) is 2. The van der Waals surface area contributed by atoms with Gasteiger partial charge in [0.05, 0.1) is 77.1 Å². The number of hydrogen-bond acceptors (Lipinski definition) is 29. The number of phosphoric acid groups is 2. The number of nitrogens with two attached hydrogens (primary N) is 2. The number of carbonyl (C=O) groups excluding carboxylic acids is 2. The Morgan fingerprint density at radius 2 is 1.26 bits per heavy atom. The molecule has 3 saturated heterocycles. The SMILES string of the molecule is CC(=O)CCC(=O)OC1C[C@H](n2cc(C)c(=O)[nH]c2=O)O[C@@H]1COP(=O)(OCCC#N)O[C@H]1[C@@H](O[Si](C)(C)C(C)(C)C)[C@H](n2cnc3c(N)ncnc32)O[C@@H]1COP(=O)(OCCC#N)O[C@H]1[C@@H](O[Si](C)(C)C(C)(C)C)[C@H](n2cnc3c(=O)[nH]c(N)nc32)O[C@@H]1CO. The number of hydrogen-bond donors (Lipinski definition) is 5. The second-order valence-electron chi connectivity index (χ2n) is 25.0. The predicted octanol–water partition coefficient (Wildman–Crippen LogP) is 5.00. The molecule has 0 spiro atoms. The summed E-state index contributed by atoms with van der Waals surface area (Å²) in [6.45, 7) is 18.7. The number of phosphoric ester groups is 2. The lowest BCUT2D eigenvalue weighted by atomic mass is 10.1. The highest BCUT2D eigenvalue weighted by molar-refractivity contribution is 7.48. The molecule has 5 aromatic rings. The highest BCUT2D eigenvalue weighted by atomic mass is 31.2. The molecule has 13 atom stereocenters. The zero-order valence-electron chi connectivity index (χ0n) is 52.5. The van der Waals surface area contributed by atoms with E-state index in [1.165, 1.54) is 48.2 Å². The van der Waals surface area contributed by atoms with Crippen LogP contribution in [0.3, 0.4) is 0 Å². The highest BCUT2D eigenvalue weighted by Crippen LogP contribution is 2.58. The number of aromatic amines is 2. The number of imidazole rings is 2. The molecule has 0 aliphatic carbocycles. The first-order valence-electron chi connectivity index (χ1n) is 29.1. The molecule has 38 heteroatoms. The Morgan fingerprint density at radius 3 is 1.81 bits per heavy atom. The van der Waals surface area contributed by atoms with Gasteiger partial charge in [-0.25, -0.2) is 33.9 Å². The minimum absolute atomic E-state index is 0.00195. The number of rotatable bonds is 28. The monoisotopic (exact) mass is 1350 g/mol. The minimum Gasteiger partial charge on any atom is -0.459 e. The molecule has 3 aliphatic heterocycles. The van der Waals surface area contributed by atoms with Gasteiger partial charge in [-0.2, -0.15) is 15.5 Å². The van der Waals surface area contributed by atoms with Gasteiger partial charge in [-0.15, -0.1) is 0 Å². The Bertz CT molecular complexity index is 3830. The average molecular weight is 1350 g/mol. The molecule has 3 fully saturated rings. The molecule has 3 unspecified atom stereocenters. The summed E-state index contributed by atoms with van der Waals surface area (Å²) in [6, 6.07) is 3.84. The number of H-pyrrole nitrogens is 2. The van der Waals surface area contributed by atoms with Gasteiger partial charge < -0.3 is 49.2 Å². The van der Waals surface area contributed by atoms with E-state index < -0.39 is 166 Å². The van der Waals surface area contributed by atoms with Crippen LogP contribution in [0.15, 0.2) is 39.6 Å². The van der Waals surface area contributed by atoms with E-state index in [1.54, 1.807) is 0 Å². The third kappa shape index (κ3) is 16.0. The van der Waals surface area contributed by atoms with E-state index in [4.69, 9.17) is 66.4 Å². The maximum absolute atomic E-state index is 15.8. The number of ketones is 1. The summed E-state index contributed by atoms with van der Waals surface area (Å²) in [5.74, 6) is -1.36. The summed E-state index contributed by atoms with van der Waals surface area (Å²) < 4.78 is 112. The van der Waals surface area contributed by atoms with Gasteiger partial charge in [-0.1, -0.05) is 41.5 Å². The van der Waals surface area contributed by atoms with Crippen LogP contribution in [0.5, 0.6) is 0 Å². The molecular formula is C53H78N14O20P2Si2. The predicted molar refractivity (Wildman–Crippen MR) is 325 cm³/mol. The summed E-state index contributed by atoms with van der Waals surface area (Å²) in [5.41, 5.74) is 10.4. The van der Waals surface area contributed by atoms with Gasteiger partial charge >= 0.3 is 27.3 Å². The number of carbonyl (C=O) groups is 2. The van der Waals surface area contributed by atoms with Crippen LogP contribution >= 0.6 is 15.6 Å². The van der Waals surface area contributed by atoms with E-state index in [0.29, 0.717) is 0 Å². The molecule has 3 aliphatic rings. The van der Waals surface area contributed by atoms with E-state index in [-0.39, 0.29) is 77.5 Å². The molecule has 34 nitrogen and oxygen atoms in total. The first kappa shape index (κ1) is 70.6. The highest BCUT2D eigenvalue weighted by Gasteiger charge is 2.58. The Morgan fingerprint density at radius 1 is 0.725 bits per heavy atom. The van der Waals surface area contributed by atoms with Gasteiger partial charge in [0, 0.05) is 24.6 Å². The number of aryl methyl sites for hydroxylation is 1. The maximum atomic E-state index is 15.8. The molecule has 0 radical (unpaired) electrons. The zero-order valence-corrected chi connectivity index (χ0v) is 56.2. The van der Waals surface area contributed by atoms with E-state index in [0.717, 1.165) is 4.57 Å². The summed E-state index contributed by atoms with van der Waals surface area (Å²) in [7, 11) is -16.4. The lowest BCUT2D eigenvalue weighted by Crippen LogP contribution is -2.49. The molecule has 8 heterocycles. The van der Waals surface area contributed by atoms with Gasteiger partial charge in [0.25, 0.3) is 11.1 Å².